The summed E-state index contributed by atoms with van der Waals surface area (Å²) in [7, 11) is 0.741. The molecule has 0 aliphatic heterocycles. The Hall–Kier alpha value is -0.0900. The summed E-state index contributed by atoms with van der Waals surface area (Å²) >= 11 is 0. The fourth-order valence-electron chi connectivity index (χ4n) is 0.174. The third kappa shape index (κ3) is 3.91. The van der Waals surface area contributed by atoms with Crippen molar-refractivity contribution >= 4 is 8.58 Å². The molecule has 0 amide bonds. The second kappa shape index (κ2) is 3.11. The molecule has 0 aliphatic rings. The maximum atomic E-state index is 3.69. The van der Waals surface area contributed by atoms with Gasteiger partial charge in [-0.3, -0.25) is 0 Å². The maximum absolute atomic E-state index is 3.69. The lowest BCUT2D eigenvalue weighted by molar-refractivity contribution is 1.73. The third-order valence-electron chi connectivity index (χ3n) is 0.348. The Kier molecular flexibility index (Phi) is 3.07. The van der Waals surface area contributed by atoms with Crippen LogP contribution in [-0.4, -0.2) is 0 Å². The van der Waals surface area contributed by atoms with Gasteiger partial charge in [-0.1, -0.05) is 32.9 Å². The minimum atomic E-state index is 0.741. The quantitative estimate of drug-likeness (QED) is 0.467. The Balaban J connectivity index is 3.05. The summed E-state index contributed by atoms with van der Waals surface area (Å²) in [4.78, 5) is 0. The summed E-state index contributed by atoms with van der Waals surface area (Å²) in [5.41, 5.74) is 0. The van der Waals surface area contributed by atoms with Crippen LogP contribution in [-0.2, 0) is 0 Å². The first-order valence-electron chi connectivity index (χ1n) is 1.80. The highest BCUT2D eigenvalue weighted by Crippen LogP contribution is 2.19. The van der Waals surface area contributed by atoms with Gasteiger partial charge in [-0.05, 0) is 6.92 Å². The molecule has 0 spiro atoms. The maximum Gasteiger partial charge on any atom is -0.0399 e. The molecule has 0 radical (unpaired) electrons. The van der Waals surface area contributed by atoms with Gasteiger partial charge in [0.05, 0.1) is 0 Å². The van der Waals surface area contributed by atoms with Crippen molar-refractivity contribution in [1.82, 2.24) is 0 Å². The van der Waals surface area contributed by atoms with Crippen LogP contribution in [0.3, 0.4) is 0 Å². The van der Waals surface area contributed by atoms with E-state index in [0.29, 0.717) is 0 Å². The van der Waals surface area contributed by atoms with Crippen molar-refractivity contribution in [2.24, 2.45) is 0 Å². The minimum Gasteiger partial charge on any atom is -0.0985 e. The summed E-state index contributed by atoms with van der Waals surface area (Å²) in [6.45, 7) is 9.24. The van der Waals surface area contributed by atoms with Gasteiger partial charge >= 0.3 is 0 Å². The molecule has 1 atom stereocenters. The van der Waals surface area contributed by atoms with Crippen LogP contribution in [0.4, 0.5) is 0 Å². The molecule has 0 heterocycles. The lowest BCUT2D eigenvalue weighted by Gasteiger charge is -1.83. The average Bonchev–Trinajstić information content (AvgIpc) is 1.35. The van der Waals surface area contributed by atoms with Gasteiger partial charge in [-0.15, -0.1) is 0 Å². The van der Waals surface area contributed by atoms with Gasteiger partial charge in [-0.2, -0.15) is 0 Å². The Bertz CT molecular complexity index is 64.3. The fraction of sp³-hybridized carbons (Fsp3) is 0.200. The van der Waals surface area contributed by atoms with Crippen molar-refractivity contribution in [3.05, 3.63) is 24.3 Å². The second-order valence-electron chi connectivity index (χ2n) is 1.13. The van der Waals surface area contributed by atoms with E-state index in [4.69, 9.17) is 0 Å². The highest BCUT2D eigenvalue weighted by molar-refractivity contribution is 7.46. The van der Waals surface area contributed by atoms with E-state index in [9.17, 15) is 0 Å². The monoisotopic (exact) mass is 100 g/mol. The SMILES string of the molecule is C=CPC(=C)C. The van der Waals surface area contributed by atoms with Crippen molar-refractivity contribution < 1.29 is 0 Å². The first-order valence-corrected chi connectivity index (χ1v) is 2.88. The highest BCUT2D eigenvalue weighted by Gasteiger charge is 1.70. The average molecular weight is 100 g/mol. The van der Waals surface area contributed by atoms with Crippen LogP contribution in [0.15, 0.2) is 24.3 Å². The molecule has 0 rings (SSSR count). The van der Waals surface area contributed by atoms with E-state index in [1.54, 1.807) is 0 Å². The van der Waals surface area contributed by atoms with Gasteiger partial charge in [0.2, 0.25) is 0 Å². The topological polar surface area (TPSA) is 0 Å². The molecule has 0 saturated carbocycles. The molecule has 0 fully saturated rings. The van der Waals surface area contributed by atoms with E-state index < -0.39 is 0 Å². The Morgan fingerprint density at radius 1 is 1.83 bits per heavy atom. The van der Waals surface area contributed by atoms with Gasteiger partial charge in [0.1, 0.15) is 0 Å². The lowest BCUT2D eigenvalue weighted by atomic mass is 10.8. The molecule has 0 saturated heterocycles. The van der Waals surface area contributed by atoms with E-state index in [2.05, 4.69) is 13.2 Å². The van der Waals surface area contributed by atoms with Gasteiger partial charge in [0.25, 0.3) is 0 Å². The van der Waals surface area contributed by atoms with Gasteiger partial charge in [-0.25, -0.2) is 0 Å². The molecule has 0 aromatic rings. The van der Waals surface area contributed by atoms with E-state index >= 15 is 0 Å². The van der Waals surface area contributed by atoms with Gasteiger partial charge < -0.3 is 0 Å². The van der Waals surface area contributed by atoms with Crippen LogP contribution in [0.5, 0.6) is 0 Å². The number of hydrogen-bond donors (Lipinski definition) is 0. The Morgan fingerprint density at radius 2 is 2.33 bits per heavy atom. The predicted octanol–water partition coefficient (Wildman–Crippen LogP) is 2.34. The first kappa shape index (κ1) is 5.91. The summed E-state index contributed by atoms with van der Waals surface area (Å²) in [5.74, 6) is 1.88. The van der Waals surface area contributed by atoms with E-state index in [0.717, 1.165) is 8.58 Å². The van der Waals surface area contributed by atoms with Crippen molar-refractivity contribution in [2.75, 3.05) is 0 Å². The molecule has 0 aromatic carbocycles. The van der Waals surface area contributed by atoms with Crippen molar-refractivity contribution in [3.63, 3.8) is 0 Å². The van der Waals surface area contributed by atoms with Crippen LogP contribution in [0, 0.1) is 0 Å². The van der Waals surface area contributed by atoms with E-state index in [1.165, 1.54) is 5.31 Å². The van der Waals surface area contributed by atoms with Gasteiger partial charge in [0, 0.05) is 0 Å². The summed E-state index contributed by atoms with van der Waals surface area (Å²) < 4.78 is 0. The smallest absolute Gasteiger partial charge is 0.0399 e. The van der Waals surface area contributed by atoms with E-state index in [-0.39, 0.29) is 0 Å². The van der Waals surface area contributed by atoms with Gasteiger partial charge in [0.15, 0.2) is 0 Å². The summed E-state index contributed by atoms with van der Waals surface area (Å²) in [6.07, 6.45) is 0. The molecule has 0 N–H and O–H groups in total. The van der Waals surface area contributed by atoms with Crippen molar-refractivity contribution in [2.45, 2.75) is 6.92 Å². The lowest BCUT2D eigenvalue weighted by Crippen LogP contribution is -1.44. The first-order chi connectivity index (χ1) is 2.77. The molecule has 0 nitrogen and oxygen atoms in total. The normalized spacial score (nSPS) is 9.50. The molecule has 0 bridgehead atoms. The van der Waals surface area contributed by atoms with Crippen LogP contribution < -0.4 is 0 Å². The number of rotatable bonds is 2. The van der Waals surface area contributed by atoms with E-state index in [1.807, 2.05) is 12.7 Å². The fourth-order valence-corrected chi connectivity index (χ4v) is 0.523. The molecule has 0 aliphatic carbocycles. The van der Waals surface area contributed by atoms with Crippen molar-refractivity contribution in [1.29, 1.82) is 0 Å². The Labute approximate surface area is 40.7 Å². The van der Waals surface area contributed by atoms with Crippen LogP contribution in [0.1, 0.15) is 6.92 Å². The molecule has 1 heteroatoms. The second-order valence-corrected chi connectivity index (χ2v) is 2.68. The predicted molar refractivity (Wildman–Crippen MR) is 33.3 cm³/mol. The van der Waals surface area contributed by atoms with Crippen molar-refractivity contribution in [3.8, 4) is 0 Å². The minimum absolute atomic E-state index is 0.741. The zero-order valence-corrected chi connectivity index (χ0v) is 4.99. The summed E-state index contributed by atoms with van der Waals surface area (Å²) in [6, 6.07) is 0. The molecule has 6 heavy (non-hydrogen) atoms. The number of hydrogen-bond acceptors (Lipinski definition) is 0. The zero-order chi connectivity index (χ0) is 4.99. The molecular weight excluding hydrogens is 91.0 g/mol. The largest absolute Gasteiger partial charge is 0.0985 e. The summed E-state index contributed by atoms with van der Waals surface area (Å²) in [5, 5.41) is 1.20. The standard InChI is InChI=1S/C5H9P/c1-4-6-5(2)3/h4,6H,1-2H2,3H3. The molecule has 34 valence electrons. The third-order valence-corrected chi connectivity index (χ3v) is 1.05. The molecular formula is C5H9P. The molecule has 1 unspecified atom stereocenters. The molecule has 0 aromatic heterocycles. The Morgan fingerprint density at radius 3 is 2.33 bits per heavy atom. The highest BCUT2D eigenvalue weighted by atomic mass is 31.1. The van der Waals surface area contributed by atoms with Crippen LogP contribution >= 0.6 is 8.58 Å². The zero-order valence-electron chi connectivity index (χ0n) is 3.99. The number of allylic oxidation sites excluding steroid dienone is 1. The van der Waals surface area contributed by atoms with Crippen LogP contribution in [0.25, 0.3) is 0 Å². The van der Waals surface area contributed by atoms with Crippen LogP contribution in [0.2, 0.25) is 0 Å².